The molecule has 0 aromatic heterocycles. The minimum absolute atomic E-state index is 0.145. The van der Waals surface area contributed by atoms with E-state index in [1.807, 2.05) is 6.07 Å². The summed E-state index contributed by atoms with van der Waals surface area (Å²) in [5.41, 5.74) is 3.47. The Hall–Kier alpha value is -2.00. The van der Waals surface area contributed by atoms with Crippen molar-refractivity contribution in [2.45, 2.75) is 26.6 Å². The summed E-state index contributed by atoms with van der Waals surface area (Å²) in [5, 5.41) is 9.52. The van der Waals surface area contributed by atoms with Gasteiger partial charge in [-0.15, -0.1) is 0 Å². The van der Waals surface area contributed by atoms with E-state index in [0.717, 1.165) is 17.5 Å². The first kappa shape index (κ1) is 14.4. The van der Waals surface area contributed by atoms with Crippen molar-refractivity contribution >= 4 is 0 Å². The Kier molecular flexibility index (Phi) is 5.02. The lowest BCUT2D eigenvalue weighted by molar-refractivity contribution is 0.107. The Labute approximate surface area is 119 Å². The Bertz CT molecular complexity index is 547. The van der Waals surface area contributed by atoms with Crippen molar-refractivity contribution in [1.82, 2.24) is 0 Å². The number of phenols is 1. The molecule has 2 aromatic rings. The number of aryl methyl sites for hydroxylation is 1. The van der Waals surface area contributed by atoms with Gasteiger partial charge in [0, 0.05) is 0 Å². The minimum Gasteiger partial charge on any atom is -0.504 e. The van der Waals surface area contributed by atoms with Crippen molar-refractivity contribution in [1.29, 1.82) is 0 Å². The standard InChI is InChI=1S/C17H20O3/c1-3-13-4-6-14(7-5-13)11-20-12-15-8-9-16(18)17(10-15)19-2/h4-10,18H,3,11-12H2,1-2H3. The van der Waals surface area contributed by atoms with Crippen molar-refractivity contribution in [3.63, 3.8) is 0 Å². The predicted molar refractivity (Wildman–Crippen MR) is 79.0 cm³/mol. The van der Waals surface area contributed by atoms with Gasteiger partial charge in [0.15, 0.2) is 11.5 Å². The summed E-state index contributed by atoms with van der Waals surface area (Å²) in [6.45, 7) is 3.21. The fourth-order valence-electron chi connectivity index (χ4n) is 1.97. The molecule has 0 fully saturated rings. The number of benzene rings is 2. The van der Waals surface area contributed by atoms with E-state index in [2.05, 4.69) is 31.2 Å². The lowest BCUT2D eigenvalue weighted by Crippen LogP contribution is -1.95. The summed E-state index contributed by atoms with van der Waals surface area (Å²) >= 11 is 0. The monoisotopic (exact) mass is 272 g/mol. The van der Waals surface area contributed by atoms with Crippen LogP contribution >= 0.6 is 0 Å². The molecule has 20 heavy (non-hydrogen) atoms. The highest BCUT2D eigenvalue weighted by Gasteiger charge is 2.03. The first-order valence-corrected chi connectivity index (χ1v) is 6.74. The smallest absolute Gasteiger partial charge is 0.160 e. The molecule has 0 atom stereocenters. The van der Waals surface area contributed by atoms with Gasteiger partial charge in [-0.1, -0.05) is 37.3 Å². The fourth-order valence-corrected chi connectivity index (χ4v) is 1.97. The van der Waals surface area contributed by atoms with Crippen molar-refractivity contribution < 1.29 is 14.6 Å². The van der Waals surface area contributed by atoms with Gasteiger partial charge in [0.05, 0.1) is 20.3 Å². The zero-order valence-electron chi connectivity index (χ0n) is 11.9. The SMILES string of the molecule is CCc1ccc(COCc2ccc(O)c(OC)c2)cc1. The van der Waals surface area contributed by atoms with Crippen LogP contribution in [0, 0.1) is 0 Å². The molecule has 3 nitrogen and oxygen atoms in total. The number of hydrogen-bond acceptors (Lipinski definition) is 3. The summed E-state index contributed by atoms with van der Waals surface area (Å²) in [6, 6.07) is 13.7. The summed E-state index contributed by atoms with van der Waals surface area (Å²) in [6.07, 6.45) is 1.05. The predicted octanol–water partition coefficient (Wildman–Crippen LogP) is 3.68. The van der Waals surface area contributed by atoms with Crippen LogP contribution in [-0.2, 0) is 24.4 Å². The van der Waals surface area contributed by atoms with E-state index in [-0.39, 0.29) is 5.75 Å². The van der Waals surface area contributed by atoms with Crippen LogP contribution in [-0.4, -0.2) is 12.2 Å². The van der Waals surface area contributed by atoms with Gasteiger partial charge in [-0.05, 0) is 35.2 Å². The first-order chi connectivity index (χ1) is 9.72. The van der Waals surface area contributed by atoms with Crippen molar-refractivity contribution in [2.24, 2.45) is 0 Å². The van der Waals surface area contributed by atoms with Gasteiger partial charge >= 0.3 is 0 Å². The number of rotatable bonds is 6. The molecule has 0 amide bonds. The molecule has 106 valence electrons. The third kappa shape index (κ3) is 3.75. The average molecular weight is 272 g/mol. The maximum Gasteiger partial charge on any atom is 0.160 e. The largest absolute Gasteiger partial charge is 0.504 e. The van der Waals surface area contributed by atoms with E-state index < -0.39 is 0 Å². The summed E-state index contributed by atoms with van der Waals surface area (Å²) < 4.78 is 10.8. The van der Waals surface area contributed by atoms with Crippen LogP contribution < -0.4 is 4.74 Å². The maximum atomic E-state index is 9.52. The van der Waals surface area contributed by atoms with Crippen LogP contribution in [0.5, 0.6) is 11.5 Å². The molecule has 0 heterocycles. The first-order valence-electron chi connectivity index (χ1n) is 6.74. The van der Waals surface area contributed by atoms with E-state index in [1.54, 1.807) is 12.1 Å². The fraction of sp³-hybridized carbons (Fsp3) is 0.294. The highest BCUT2D eigenvalue weighted by atomic mass is 16.5. The lowest BCUT2D eigenvalue weighted by atomic mass is 10.1. The van der Waals surface area contributed by atoms with Crippen molar-refractivity contribution in [3.05, 3.63) is 59.2 Å². The molecule has 0 aliphatic carbocycles. The third-order valence-electron chi connectivity index (χ3n) is 3.21. The lowest BCUT2D eigenvalue weighted by Gasteiger charge is -2.08. The molecule has 0 aliphatic heterocycles. The Morgan fingerprint density at radius 2 is 1.50 bits per heavy atom. The molecule has 0 aliphatic rings. The van der Waals surface area contributed by atoms with Gasteiger partial charge in [0.1, 0.15) is 0 Å². The van der Waals surface area contributed by atoms with Crippen molar-refractivity contribution in [2.75, 3.05) is 7.11 Å². The van der Waals surface area contributed by atoms with E-state index in [1.165, 1.54) is 12.7 Å². The van der Waals surface area contributed by atoms with E-state index in [0.29, 0.717) is 19.0 Å². The number of methoxy groups -OCH3 is 1. The van der Waals surface area contributed by atoms with E-state index in [9.17, 15) is 5.11 Å². The molecule has 2 rings (SSSR count). The second kappa shape index (κ2) is 6.96. The normalized spacial score (nSPS) is 10.5. The average Bonchev–Trinajstić information content (AvgIpc) is 2.49. The molecule has 0 saturated carbocycles. The third-order valence-corrected chi connectivity index (χ3v) is 3.21. The highest BCUT2D eigenvalue weighted by molar-refractivity contribution is 5.41. The van der Waals surface area contributed by atoms with Crippen molar-refractivity contribution in [3.8, 4) is 11.5 Å². The Morgan fingerprint density at radius 3 is 2.15 bits per heavy atom. The molecule has 2 aromatic carbocycles. The van der Waals surface area contributed by atoms with E-state index in [4.69, 9.17) is 9.47 Å². The summed E-state index contributed by atoms with van der Waals surface area (Å²) in [5.74, 6) is 0.616. The molecule has 0 radical (unpaired) electrons. The Balaban J connectivity index is 1.88. The molecule has 1 N–H and O–H groups in total. The zero-order valence-corrected chi connectivity index (χ0v) is 11.9. The number of hydrogen-bond donors (Lipinski definition) is 1. The van der Waals surface area contributed by atoms with Crippen LogP contribution in [0.2, 0.25) is 0 Å². The van der Waals surface area contributed by atoms with Crippen LogP contribution in [0.4, 0.5) is 0 Å². The maximum absolute atomic E-state index is 9.52. The van der Waals surface area contributed by atoms with E-state index >= 15 is 0 Å². The molecule has 0 unspecified atom stereocenters. The molecular weight excluding hydrogens is 252 g/mol. The molecule has 0 spiro atoms. The van der Waals surface area contributed by atoms with Crippen LogP contribution in [0.3, 0.4) is 0 Å². The molecular formula is C17H20O3. The van der Waals surface area contributed by atoms with Crippen LogP contribution in [0.25, 0.3) is 0 Å². The quantitative estimate of drug-likeness (QED) is 0.871. The number of aromatic hydroxyl groups is 1. The number of phenolic OH excluding ortho intramolecular Hbond substituents is 1. The van der Waals surface area contributed by atoms with Gasteiger partial charge in [0.2, 0.25) is 0 Å². The van der Waals surface area contributed by atoms with Gasteiger partial charge < -0.3 is 14.6 Å². The summed E-state index contributed by atoms with van der Waals surface area (Å²) in [4.78, 5) is 0. The zero-order chi connectivity index (χ0) is 14.4. The second-order valence-corrected chi connectivity index (χ2v) is 4.67. The topological polar surface area (TPSA) is 38.7 Å². The Morgan fingerprint density at radius 1 is 0.900 bits per heavy atom. The second-order valence-electron chi connectivity index (χ2n) is 4.67. The number of ether oxygens (including phenoxy) is 2. The van der Waals surface area contributed by atoms with Gasteiger partial charge in [-0.2, -0.15) is 0 Å². The highest BCUT2D eigenvalue weighted by Crippen LogP contribution is 2.26. The minimum atomic E-state index is 0.145. The van der Waals surface area contributed by atoms with Crippen LogP contribution in [0.15, 0.2) is 42.5 Å². The van der Waals surface area contributed by atoms with Gasteiger partial charge in [0.25, 0.3) is 0 Å². The molecule has 3 heteroatoms. The van der Waals surface area contributed by atoms with Crippen LogP contribution in [0.1, 0.15) is 23.6 Å². The van der Waals surface area contributed by atoms with Gasteiger partial charge in [-0.3, -0.25) is 0 Å². The molecule has 0 bridgehead atoms. The van der Waals surface area contributed by atoms with Gasteiger partial charge in [-0.25, -0.2) is 0 Å². The molecule has 0 saturated heterocycles. The summed E-state index contributed by atoms with van der Waals surface area (Å²) in [7, 11) is 1.54.